The maximum absolute atomic E-state index is 12.3. The van der Waals surface area contributed by atoms with Gasteiger partial charge in [0.25, 0.3) is 0 Å². The fourth-order valence-electron chi connectivity index (χ4n) is 1.38. The molecule has 0 radical (unpaired) electrons. The maximum atomic E-state index is 12.3. The zero-order valence-electron chi connectivity index (χ0n) is 8.88. The molecule has 0 atom stereocenters. The molecule has 1 aromatic heterocycles. The van der Waals surface area contributed by atoms with Crippen LogP contribution in [0.4, 0.5) is 13.2 Å². The lowest BCUT2D eigenvalue weighted by Gasteiger charge is -2.01. The van der Waals surface area contributed by atoms with Crippen LogP contribution in [0.25, 0.3) is 11.3 Å². The smallest absolute Gasteiger partial charge is 0.334 e. The monoisotopic (exact) mass is 258 g/mol. The molecule has 1 aromatic carbocycles. The van der Waals surface area contributed by atoms with Gasteiger partial charge in [0.15, 0.2) is 0 Å². The van der Waals surface area contributed by atoms with Gasteiger partial charge in [0.2, 0.25) is 5.82 Å². The van der Waals surface area contributed by atoms with Gasteiger partial charge in [0.1, 0.15) is 0 Å². The molecule has 90 valence electrons. The van der Waals surface area contributed by atoms with Gasteiger partial charge in [0, 0.05) is 4.90 Å². The van der Waals surface area contributed by atoms with Crippen LogP contribution in [0.1, 0.15) is 5.82 Å². The van der Waals surface area contributed by atoms with Crippen molar-refractivity contribution in [3.63, 3.8) is 0 Å². The predicted molar refractivity (Wildman–Crippen MR) is 60.8 cm³/mol. The van der Waals surface area contributed by atoms with Crippen LogP contribution in [0.5, 0.6) is 0 Å². The van der Waals surface area contributed by atoms with Gasteiger partial charge < -0.3 is 4.98 Å². The Morgan fingerprint density at radius 2 is 1.82 bits per heavy atom. The molecule has 17 heavy (non-hydrogen) atoms. The quantitative estimate of drug-likeness (QED) is 0.829. The summed E-state index contributed by atoms with van der Waals surface area (Å²) >= 11 is 1.58. The van der Waals surface area contributed by atoms with E-state index in [0.717, 1.165) is 4.90 Å². The molecule has 2 aromatic rings. The normalized spacial score (nSPS) is 11.8. The molecule has 0 saturated carbocycles. The summed E-state index contributed by atoms with van der Waals surface area (Å²) in [5.41, 5.74) is 1.05. The Kier molecular flexibility index (Phi) is 3.15. The Balaban J connectivity index is 2.30. The molecule has 2 rings (SSSR count). The molecule has 2 nitrogen and oxygen atoms in total. The van der Waals surface area contributed by atoms with Crippen LogP contribution in [0.15, 0.2) is 35.4 Å². The zero-order chi connectivity index (χ0) is 12.5. The standard InChI is InChI=1S/C11H9F3N2S/c1-17-8-4-2-7(3-5-8)9-6-15-10(16-9)11(12,13)14/h2-6H,1H3,(H,15,16). The van der Waals surface area contributed by atoms with Crippen molar-refractivity contribution in [2.45, 2.75) is 11.1 Å². The van der Waals surface area contributed by atoms with Gasteiger partial charge >= 0.3 is 6.18 Å². The molecule has 0 saturated heterocycles. The van der Waals surface area contributed by atoms with Crippen LogP contribution < -0.4 is 0 Å². The summed E-state index contributed by atoms with van der Waals surface area (Å²) in [6, 6.07) is 7.24. The number of nitrogens with one attached hydrogen (secondary N) is 1. The molecule has 6 heteroatoms. The van der Waals surface area contributed by atoms with Gasteiger partial charge in [-0.1, -0.05) is 12.1 Å². The Labute approximate surface area is 100 Å². The molecular weight excluding hydrogens is 249 g/mol. The first-order chi connectivity index (χ1) is 8.00. The van der Waals surface area contributed by atoms with E-state index in [0.29, 0.717) is 11.3 Å². The predicted octanol–water partition coefficient (Wildman–Crippen LogP) is 3.82. The van der Waals surface area contributed by atoms with E-state index in [9.17, 15) is 13.2 Å². The fourth-order valence-corrected chi connectivity index (χ4v) is 1.79. The van der Waals surface area contributed by atoms with Crippen LogP contribution in [0.2, 0.25) is 0 Å². The highest BCUT2D eigenvalue weighted by Gasteiger charge is 2.34. The molecular formula is C11H9F3N2S. The second-order valence-electron chi connectivity index (χ2n) is 3.37. The van der Waals surface area contributed by atoms with Gasteiger partial charge in [0.05, 0.1) is 11.9 Å². The largest absolute Gasteiger partial charge is 0.449 e. The Hall–Kier alpha value is -1.43. The number of thioether (sulfide) groups is 1. The first-order valence-electron chi connectivity index (χ1n) is 4.77. The van der Waals surface area contributed by atoms with Gasteiger partial charge in [-0.05, 0) is 24.0 Å². The van der Waals surface area contributed by atoms with E-state index in [1.54, 1.807) is 23.9 Å². The SMILES string of the molecule is CSc1ccc(-c2cnc(C(F)(F)F)[nH]2)cc1. The van der Waals surface area contributed by atoms with Crippen molar-refractivity contribution in [2.24, 2.45) is 0 Å². The Morgan fingerprint density at radius 3 is 2.29 bits per heavy atom. The molecule has 0 amide bonds. The van der Waals surface area contributed by atoms with E-state index in [4.69, 9.17) is 0 Å². The number of H-pyrrole nitrogens is 1. The molecule has 1 heterocycles. The van der Waals surface area contributed by atoms with Crippen LogP contribution >= 0.6 is 11.8 Å². The highest BCUT2D eigenvalue weighted by molar-refractivity contribution is 7.98. The maximum Gasteiger partial charge on any atom is 0.449 e. The van der Waals surface area contributed by atoms with E-state index in [-0.39, 0.29) is 0 Å². The van der Waals surface area contributed by atoms with E-state index < -0.39 is 12.0 Å². The van der Waals surface area contributed by atoms with Crippen molar-refractivity contribution in [1.82, 2.24) is 9.97 Å². The molecule has 0 aliphatic rings. The lowest BCUT2D eigenvalue weighted by Crippen LogP contribution is -2.07. The third-order valence-electron chi connectivity index (χ3n) is 2.25. The minimum absolute atomic E-state index is 0.366. The van der Waals surface area contributed by atoms with Crippen molar-refractivity contribution < 1.29 is 13.2 Å². The molecule has 0 spiro atoms. The molecule has 0 aliphatic carbocycles. The average Bonchev–Trinajstić information content (AvgIpc) is 2.78. The van der Waals surface area contributed by atoms with E-state index in [1.807, 2.05) is 18.4 Å². The molecule has 0 bridgehead atoms. The number of aromatic amines is 1. The highest BCUT2D eigenvalue weighted by atomic mass is 32.2. The number of hydrogen-bond acceptors (Lipinski definition) is 2. The highest BCUT2D eigenvalue weighted by Crippen LogP contribution is 2.29. The zero-order valence-corrected chi connectivity index (χ0v) is 9.69. The van der Waals surface area contributed by atoms with Crippen LogP contribution in [-0.2, 0) is 6.18 Å². The summed E-state index contributed by atoms with van der Waals surface area (Å²) in [5.74, 6) is -0.971. The number of alkyl halides is 3. The molecule has 0 unspecified atom stereocenters. The summed E-state index contributed by atoms with van der Waals surface area (Å²) < 4.78 is 37.0. The van der Waals surface area contributed by atoms with Crippen LogP contribution in [0, 0.1) is 0 Å². The number of hydrogen-bond donors (Lipinski definition) is 1. The lowest BCUT2D eigenvalue weighted by atomic mass is 10.2. The number of aromatic nitrogens is 2. The number of imidazole rings is 1. The number of benzene rings is 1. The van der Waals surface area contributed by atoms with Crippen LogP contribution in [0.3, 0.4) is 0 Å². The summed E-state index contributed by atoms with van der Waals surface area (Å²) in [6.45, 7) is 0. The molecule has 1 N–H and O–H groups in total. The average molecular weight is 258 g/mol. The van der Waals surface area contributed by atoms with Crippen molar-refractivity contribution in [2.75, 3.05) is 6.26 Å². The van der Waals surface area contributed by atoms with E-state index in [2.05, 4.69) is 9.97 Å². The van der Waals surface area contributed by atoms with Gasteiger partial charge in [-0.15, -0.1) is 11.8 Å². The second kappa shape index (κ2) is 4.44. The number of nitrogens with zero attached hydrogens (tertiary/aromatic N) is 1. The number of halogens is 3. The first kappa shape index (κ1) is 12.0. The van der Waals surface area contributed by atoms with E-state index in [1.165, 1.54) is 6.20 Å². The summed E-state index contributed by atoms with van der Waals surface area (Å²) in [5, 5.41) is 0. The van der Waals surface area contributed by atoms with Crippen LogP contribution in [-0.4, -0.2) is 16.2 Å². The van der Waals surface area contributed by atoms with Crippen molar-refractivity contribution in [1.29, 1.82) is 0 Å². The van der Waals surface area contributed by atoms with Crippen molar-refractivity contribution in [3.8, 4) is 11.3 Å². The minimum Gasteiger partial charge on any atom is -0.334 e. The lowest BCUT2D eigenvalue weighted by molar-refractivity contribution is -0.144. The Bertz CT molecular complexity index is 502. The van der Waals surface area contributed by atoms with Gasteiger partial charge in [-0.2, -0.15) is 13.2 Å². The summed E-state index contributed by atoms with van der Waals surface area (Å²) in [4.78, 5) is 6.64. The van der Waals surface area contributed by atoms with E-state index >= 15 is 0 Å². The second-order valence-corrected chi connectivity index (χ2v) is 4.25. The fraction of sp³-hybridized carbons (Fsp3) is 0.182. The van der Waals surface area contributed by atoms with Gasteiger partial charge in [-0.25, -0.2) is 4.98 Å². The summed E-state index contributed by atoms with van der Waals surface area (Å²) in [6.07, 6.45) is -1.30. The molecule has 0 aliphatic heterocycles. The first-order valence-corrected chi connectivity index (χ1v) is 6.00. The minimum atomic E-state index is -4.43. The third-order valence-corrected chi connectivity index (χ3v) is 2.99. The third kappa shape index (κ3) is 2.63. The Morgan fingerprint density at radius 1 is 1.18 bits per heavy atom. The van der Waals surface area contributed by atoms with Crippen molar-refractivity contribution >= 4 is 11.8 Å². The molecule has 0 fully saturated rings. The van der Waals surface area contributed by atoms with Crippen molar-refractivity contribution in [3.05, 3.63) is 36.3 Å². The topological polar surface area (TPSA) is 28.7 Å². The number of rotatable bonds is 2. The summed E-state index contributed by atoms with van der Waals surface area (Å²) in [7, 11) is 0. The van der Waals surface area contributed by atoms with Gasteiger partial charge in [-0.3, -0.25) is 0 Å².